The van der Waals surface area contributed by atoms with Crippen LogP contribution < -0.4 is 5.32 Å². The molecule has 4 heteroatoms. The van der Waals surface area contributed by atoms with Crippen LogP contribution >= 0.6 is 11.6 Å². The van der Waals surface area contributed by atoms with Crippen molar-refractivity contribution in [1.29, 1.82) is 5.26 Å². The van der Waals surface area contributed by atoms with Crippen LogP contribution in [0.25, 0.3) is 0 Å². The first-order chi connectivity index (χ1) is 6.63. The Morgan fingerprint density at radius 1 is 1.64 bits per heavy atom. The van der Waals surface area contributed by atoms with E-state index < -0.39 is 5.82 Å². The standard InChI is InChI=1S/C10H8ClFN2/c1-7(11)6-14-10-3-2-8(5-13)4-9(10)12/h2-4,14H,1,6H2. The van der Waals surface area contributed by atoms with Gasteiger partial charge in [-0.1, -0.05) is 18.2 Å². The summed E-state index contributed by atoms with van der Waals surface area (Å²) in [4.78, 5) is 0. The molecular formula is C10H8ClFN2. The van der Waals surface area contributed by atoms with Gasteiger partial charge in [-0.15, -0.1) is 0 Å². The molecule has 1 aromatic rings. The van der Waals surface area contributed by atoms with Gasteiger partial charge in [0.05, 0.1) is 23.9 Å². The van der Waals surface area contributed by atoms with Crippen molar-refractivity contribution in [3.63, 3.8) is 0 Å². The highest BCUT2D eigenvalue weighted by molar-refractivity contribution is 6.29. The van der Waals surface area contributed by atoms with E-state index in [-0.39, 0.29) is 5.56 Å². The van der Waals surface area contributed by atoms with E-state index in [0.717, 1.165) is 0 Å². The summed E-state index contributed by atoms with van der Waals surface area (Å²) >= 11 is 5.51. The third kappa shape index (κ3) is 2.75. The highest BCUT2D eigenvalue weighted by atomic mass is 35.5. The molecule has 72 valence electrons. The number of nitrogens with zero attached hydrogens (tertiary/aromatic N) is 1. The molecule has 0 amide bonds. The molecule has 0 aliphatic carbocycles. The fraction of sp³-hybridized carbons (Fsp3) is 0.100. The predicted molar refractivity (Wildman–Crippen MR) is 54.6 cm³/mol. The van der Waals surface area contributed by atoms with Gasteiger partial charge in [0.2, 0.25) is 0 Å². The average molecular weight is 211 g/mol. The molecule has 1 rings (SSSR count). The Morgan fingerprint density at radius 3 is 2.86 bits per heavy atom. The Labute approximate surface area is 86.6 Å². The lowest BCUT2D eigenvalue weighted by Crippen LogP contribution is -2.02. The van der Waals surface area contributed by atoms with Crippen LogP contribution in [0.1, 0.15) is 5.56 Å². The molecule has 2 nitrogen and oxygen atoms in total. The Kier molecular flexibility index (Phi) is 3.49. The molecule has 0 heterocycles. The van der Waals surface area contributed by atoms with Gasteiger partial charge in [-0.2, -0.15) is 5.26 Å². The van der Waals surface area contributed by atoms with E-state index >= 15 is 0 Å². The summed E-state index contributed by atoms with van der Waals surface area (Å²) in [7, 11) is 0. The van der Waals surface area contributed by atoms with Crippen LogP contribution in [0.2, 0.25) is 0 Å². The SMILES string of the molecule is C=C(Cl)CNc1ccc(C#N)cc1F. The normalized spacial score (nSPS) is 9.21. The first-order valence-electron chi connectivity index (χ1n) is 3.90. The minimum Gasteiger partial charge on any atom is -0.378 e. The van der Waals surface area contributed by atoms with Crippen molar-refractivity contribution in [2.75, 3.05) is 11.9 Å². The number of nitriles is 1. The Bertz CT molecular complexity index is 396. The van der Waals surface area contributed by atoms with Crippen molar-refractivity contribution in [3.8, 4) is 6.07 Å². The maximum absolute atomic E-state index is 13.2. The van der Waals surface area contributed by atoms with Crippen molar-refractivity contribution in [1.82, 2.24) is 0 Å². The maximum atomic E-state index is 13.2. The first kappa shape index (κ1) is 10.6. The van der Waals surface area contributed by atoms with Gasteiger partial charge in [0, 0.05) is 5.03 Å². The summed E-state index contributed by atoms with van der Waals surface area (Å²) in [5, 5.41) is 11.6. The second-order valence-electron chi connectivity index (χ2n) is 2.68. The summed E-state index contributed by atoms with van der Waals surface area (Å²) in [5.74, 6) is -0.470. The Balaban J connectivity index is 2.80. The highest BCUT2D eigenvalue weighted by Crippen LogP contribution is 2.15. The number of hydrogen-bond acceptors (Lipinski definition) is 2. The molecule has 0 aliphatic heterocycles. The summed E-state index contributed by atoms with van der Waals surface area (Å²) in [6.07, 6.45) is 0. The van der Waals surface area contributed by atoms with Gasteiger partial charge < -0.3 is 5.32 Å². The van der Waals surface area contributed by atoms with Crippen molar-refractivity contribution < 1.29 is 4.39 Å². The van der Waals surface area contributed by atoms with Crippen LogP contribution in [-0.2, 0) is 0 Å². The molecule has 0 radical (unpaired) electrons. The van der Waals surface area contributed by atoms with Crippen LogP contribution in [-0.4, -0.2) is 6.54 Å². The largest absolute Gasteiger partial charge is 0.378 e. The van der Waals surface area contributed by atoms with Crippen molar-refractivity contribution >= 4 is 17.3 Å². The minimum absolute atomic E-state index is 0.290. The Hall–Kier alpha value is -1.53. The fourth-order valence-electron chi connectivity index (χ4n) is 0.919. The second-order valence-corrected chi connectivity index (χ2v) is 3.21. The summed E-state index contributed by atoms with van der Waals surface area (Å²) in [5.41, 5.74) is 0.601. The molecule has 1 aromatic carbocycles. The smallest absolute Gasteiger partial charge is 0.147 e. The zero-order valence-corrected chi connectivity index (χ0v) is 8.11. The topological polar surface area (TPSA) is 35.8 Å². The quantitative estimate of drug-likeness (QED) is 0.833. The minimum atomic E-state index is -0.470. The van der Waals surface area contributed by atoms with Crippen LogP contribution in [0.5, 0.6) is 0 Å². The Morgan fingerprint density at radius 2 is 2.36 bits per heavy atom. The molecule has 0 aromatic heterocycles. The van der Waals surface area contributed by atoms with Gasteiger partial charge in [-0.05, 0) is 18.2 Å². The fourth-order valence-corrected chi connectivity index (χ4v) is 0.986. The van der Waals surface area contributed by atoms with E-state index in [0.29, 0.717) is 17.3 Å². The van der Waals surface area contributed by atoms with E-state index in [1.165, 1.54) is 18.2 Å². The van der Waals surface area contributed by atoms with Crippen molar-refractivity contribution in [2.45, 2.75) is 0 Å². The van der Waals surface area contributed by atoms with Gasteiger partial charge in [0.15, 0.2) is 0 Å². The van der Waals surface area contributed by atoms with E-state index in [4.69, 9.17) is 16.9 Å². The molecule has 0 saturated heterocycles. The molecule has 0 atom stereocenters. The monoisotopic (exact) mass is 210 g/mol. The van der Waals surface area contributed by atoms with Crippen LogP contribution in [0.15, 0.2) is 29.8 Å². The third-order valence-electron chi connectivity index (χ3n) is 1.57. The van der Waals surface area contributed by atoms with Crippen LogP contribution in [0.4, 0.5) is 10.1 Å². The molecule has 0 fully saturated rings. The van der Waals surface area contributed by atoms with Crippen molar-refractivity contribution in [2.24, 2.45) is 0 Å². The third-order valence-corrected chi connectivity index (χ3v) is 1.70. The molecule has 0 bridgehead atoms. The molecule has 0 unspecified atom stereocenters. The molecule has 0 spiro atoms. The predicted octanol–water partition coefficient (Wildman–Crippen LogP) is 2.86. The van der Waals surface area contributed by atoms with Gasteiger partial charge in [0.25, 0.3) is 0 Å². The number of hydrogen-bond donors (Lipinski definition) is 1. The zero-order valence-electron chi connectivity index (χ0n) is 7.35. The second kappa shape index (κ2) is 4.64. The molecular weight excluding hydrogens is 203 g/mol. The van der Waals surface area contributed by atoms with Gasteiger partial charge in [-0.3, -0.25) is 0 Å². The highest BCUT2D eigenvalue weighted by Gasteiger charge is 2.02. The van der Waals surface area contributed by atoms with E-state index in [1.54, 1.807) is 0 Å². The number of rotatable bonds is 3. The summed E-state index contributed by atoms with van der Waals surface area (Å²) in [6, 6.07) is 6.04. The molecule has 1 N–H and O–H groups in total. The lowest BCUT2D eigenvalue weighted by atomic mass is 10.2. The van der Waals surface area contributed by atoms with Crippen molar-refractivity contribution in [3.05, 3.63) is 41.2 Å². The lowest BCUT2D eigenvalue weighted by Gasteiger charge is -2.05. The summed E-state index contributed by atoms with van der Waals surface area (Å²) < 4.78 is 13.2. The van der Waals surface area contributed by atoms with E-state index in [1.807, 2.05) is 6.07 Å². The van der Waals surface area contributed by atoms with Gasteiger partial charge >= 0.3 is 0 Å². The average Bonchev–Trinajstić information content (AvgIpc) is 2.15. The zero-order chi connectivity index (χ0) is 10.6. The van der Waals surface area contributed by atoms with Gasteiger partial charge in [-0.25, -0.2) is 4.39 Å². The number of benzene rings is 1. The molecule has 14 heavy (non-hydrogen) atoms. The number of halogens is 2. The maximum Gasteiger partial charge on any atom is 0.147 e. The molecule has 0 saturated carbocycles. The van der Waals surface area contributed by atoms with Crippen LogP contribution in [0, 0.1) is 17.1 Å². The number of nitrogens with one attached hydrogen (secondary N) is 1. The first-order valence-corrected chi connectivity index (χ1v) is 4.28. The molecule has 0 aliphatic rings. The lowest BCUT2D eigenvalue weighted by molar-refractivity contribution is 0.630. The van der Waals surface area contributed by atoms with Crippen LogP contribution in [0.3, 0.4) is 0 Å². The van der Waals surface area contributed by atoms with E-state index in [9.17, 15) is 4.39 Å². The summed E-state index contributed by atoms with van der Waals surface area (Å²) in [6.45, 7) is 3.76. The number of anilines is 1. The van der Waals surface area contributed by atoms with Gasteiger partial charge in [0.1, 0.15) is 5.82 Å². The van der Waals surface area contributed by atoms with E-state index in [2.05, 4.69) is 11.9 Å².